The van der Waals surface area contributed by atoms with E-state index in [0.717, 1.165) is 16.8 Å². The lowest BCUT2D eigenvalue weighted by Crippen LogP contribution is -2.30. The molecule has 0 atom stereocenters. The molecule has 2 aromatic carbocycles. The van der Waals surface area contributed by atoms with Crippen LogP contribution in [0.3, 0.4) is 0 Å². The average molecular weight is 482 g/mol. The number of benzene rings is 2. The fraction of sp³-hybridized carbons (Fsp3) is 0.240. The Labute approximate surface area is 203 Å². The van der Waals surface area contributed by atoms with Crippen molar-refractivity contribution < 1.29 is 14.3 Å². The van der Waals surface area contributed by atoms with E-state index in [4.69, 9.17) is 17.0 Å². The Balaban J connectivity index is 1.91. The maximum Gasteiger partial charge on any atom is 0.341 e. The van der Waals surface area contributed by atoms with E-state index in [9.17, 15) is 9.59 Å². The van der Waals surface area contributed by atoms with Gasteiger partial charge in [0.2, 0.25) is 0 Å². The molecule has 6 nitrogen and oxygen atoms in total. The van der Waals surface area contributed by atoms with E-state index in [1.807, 2.05) is 68.4 Å². The first-order valence-electron chi connectivity index (χ1n) is 10.6. The highest BCUT2D eigenvalue weighted by molar-refractivity contribution is 7.80. The van der Waals surface area contributed by atoms with Gasteiger partial charge in [0.15, 0.2) is 5.11 Å². The maximum absolute atomic E-state index is 13.0. The molecule has 1 amide bonds. The number of carbonyl (C=O) groups is 2. The molecule has 1 aromatic heterocycles. The van der Waals surface area contributed by atoms with Crippen molar-refractivity contribution in [3.63, 3.8) is 0 Å². The summed E-state index contributed by atoms with van der Waals surface area (Å²) in [5.74, 6) is -0.633. The van der Waals surface area contributed by atoms with Crippen LogP contribution < -0.4 is 10.6 Å². The van der Waals surface area contributed by atoms with Crippen LogP contribution in [0.5, 0.6) is 0 Å². The van der Waals surface area contributed by atoms with E-state index in [1.54, 1.807) is 11.8 Å². The lowest BCUT2D eigenvalue weighted by Gasteiger charge is -2.18. The molecule has 0 fully saturated rings. The highest BCUT2D eigenvalue weighted by atomic mass is 32.1. The minimum atomic E-state index is -0.516. The molecule has 0 unspecified atom stereocenters. The van der Waals surface area contributed by atoms with Crippen LogP contribution in [0, 0.1) is 6.92 Å². The zero-order chi connectivity index (χ0) is 24.0. The van der Waals surface area contributed by atoms with Crippen molar-refractivity contribution in [1.82, 2.24) is 4.90 Å². The number of esters is 1. The number of amides is 1. The van der Waals surface area contributed by atoms with Crippen LogP contribution in [0.25, 0.3) is 11.1 Å². The molecule has 0 aliphatic rings. The SMILES string of the molecule is CCN(CC)C(=O)c1sc(NC(=S)Nc2ccccc2-c2ccccc2)c(C(=O)OC)c1C. The first-order valence-corrected chi connectivity index (χ1v) is 11.9. The highest BCUT2D eigenvalue weighted by Gasteiger charge is 2.27. The van der Waals surface area contributed by atoms with Crippen LogP contribution >= 0.6 is 23.6 Å². The van der Waals surface area contributed by atoms with Gasteiger partial charge in [0, 0.05) is 24.3 Å². The number of hydrogen-bond donors (Lipinski definition) is 2. The normalized spacial score (nSPS) is 10.4. The summed E-state index contributed by atoms with van der Waals surface area (Å²) in [5, 5.41) is 7.12. The molecule has 1 heterocycles. The van der Waals surface area contributed by atoms with Crippen molar-refractivity contribution in [1.29, 1.82) is 0 Å². The van der Waals surface area contributed by atoms with Gasteiger partial charge in [-0.15, -0.1) is 11.3 Å². The van der Waals surface area contributed by atoms with Crippen molar-refractivity contribution in [2.75, 3.05) is 30.8 Å². The van der Waals surface area contributed by atoms with Crippen LogP contribution in [-0.4, -0.2) is 42.1 Å². The molecule has 2 N–H and O–H groups in total. The second-order valence-corrected chi connectivity index (χ2v) is 8.65. The Kier molecular flexibility index (Phi) is 8.19. The van der Waals surface area contributed by atoms with Crippen molar-refractivity contribution in [2.24, 2.45) is 0 Å². The fourth-order valence-corrected chi connectivity index (χ4v) is 4.97. The number of nitrogens with zero attached hydrogens (tertiary/aromatic N) is 1. The first kappa shape index (κ1) is 24.4. The quantitative estimate of drug-likeness (QED) is 0.328. The molecule has 3 rings (SSSR count). The summed E-state index contributed by atoms with van der Waals surface area (Å²) in [6.45, 7) is 6.77. The Morgan fingerprint density at radius 2 is 1.64 bits per heavy atom. The molecule has 0 saturated heterocycles. The van der Waals surface area contributed by atoms with Gasteiger partial charge < -0.3 is 20.3 Å². The molecule has 0 saturated carbocycles. The minimum absolute atomic E-state index is 0.117. The van der Waals surface area contributed by atoms with Gasteiger partial charge in [0.25, 0.3) is 5.91 Å². The highest BCUT2D eigenvalue weighted by Crippen LogP contribution is 2.35. The number of anilines is 2. The number of methoxy groups -OCH3 is 1. The number of thiocarbonyl (C=S) groups is 1. The van der Waals surface area contributed by atoms with E-state index in [0.29, 0.717) is 39.2 Å². The third-order valence-electron chi connectivity index (χ3n) is 5.27. The second-order valence-electron chi connectivity index (χ2n) is 7.22. The summed E-state index contributed by atoms with van der Waals surface area (Å²) in [4.78, 5) is 27.7. The summed E-state index contributed by atoms with van der Waals surface area (Å²) in [6.07, 6.45) is 0. The van der Waals surface area contributed by atoms with E-state index < -0.39 is 5.97 Å². The number of thiophene rings is 1. The number of para-hydroxylation sites is 1. The van der Waals surface area contributed by atoms with Crippen LogP contribution in [0.1, 0.15) is 39.4 Å². The molecule has 8 heteroatoms. The number of rotatable bonds is 7. The molecule has 3 aromatic rings. The van der Waals surface area contributed by atoms with Crippen LogP contribution in [0.4, 0.5) is 10.7 Å². The third-order valence-corrected chi connectivity index (χ3v) is 6.67. The Hall–Kier alpha value is -3.23. The minimum Gasteiger partial charge on any atom is -0.465 e. The van der Waals surface area contributed by atoms with Gasteiger partial charge in [-0.25, -0.2) is 4.79 Å². The maximum atomic E-state index is 13.0. The summed E-state index contributed by atoms with van der Waals surface area (Å²) in [7, 11) is 1.32. The van der Waals surface area contributed by atoms with Crippen molar-refractivity contribution >= 4 is 51.2 Å². The average Bonchev–Trinajstić information content (AvgIpc) is 3.15. The smallest absolute Gasteiger partial charge is 0.341 e. The Bertz CT molecular complexity index is 1150. The predicted octanol–water partition coefficient (Wildman–Crippen LogP) is 5.80. The summed E-state index contributed by atoms with van der Waals surface area (Å²) < 4.78 is 4.98. The molecule has 33 heavy (non-hydrogen) atoms. The lowest BCUT2D eigenvalue weighted by atomic mass is 10.0. The van der Waals surface area contributed by atoms with E-state index in [1.165, 1.54) is 18.4 Å². The van der Waals surface area contributed by atoms with Crippen molar-refractivity contribution in [2.45, 2.75) is 20.8 Å². The Morgan fingerprint density at radius 3 is 2.27 bits per heavy atom. The zero-order valence-electron chi connectivity index (χ0n) is 19.1. The number of nitrogens with one attached hydrogen (secondary N) is 2. The molecule has 172 valence electrons. The van der Waals surface area contributed by atoms with E-state index in [2.05, 4.69) is 10.6 Å². The lowest BCUT2D eigenvalue weighted by molar-refractivity contribution is 0.0601. The molecule has 0 radical (unpaired) electrons. The fourth-order valence-electron chi connectivity index (χ4n) is 3.53. The molecular formula is C25H27N3O3S2. The monoisotopic (exact) mass is 481 g/mol. The standard InChI is InChI=1S/C25H27N3O3S2/c1-5-28(6-2)23(29)21-16(3)20(24(30)31-4)22(33-21)27-25(32)26-19-15-11-10-14-18(19)17-12-8-7-9-13-17/h7-15H,5-6H2,1-4H3,(H2,26,27,32). The van der Waals surface area contributed by atoms with Gasteiger partial charge in [-0.1, -0.05) is 48.5 Å². The summed E-state index contributed by atoms with van der Waals surface area (Å²) >= 11 is 6.77. The predicted molar refractivity (Wildman–Crippen MR) is 139 cm³/mol. The van der Waals surface area contributed by atoms with Crippen molar-refractivity contribution in [3.8, 4) is 11.1 Å². The summed E-state index contributed by atoms with van der Waals surface area (Å²) in [5.41, 5.74) is 3.78. The van der Waals surface area contributed by atoms with Crippen LogP contribution in [-0.2, 0) is 4.74 Å². The molecule has 0 aliphatic heterocycles. The van der Waals surface area contributed by atoms with Gasteiger partial charge >= 0.3 is 5.97 Å². The van der Waals surface area contributed by atoms with Crippen LogP contribution in [0.15, 0.2) is 54.6 Å². The summed E-state index contributed by atoms with van der Waals surface area (Å²) in [6, 6.07) is 17.8. The molecule has 0 aliphatic carbocycles. The number of carbonyl (C=O) groups excluding carboxylic acids is 2. The van der Waals surface area contributed by atoms with E-state index in [-0.39, 0.29) is 5.91 Å². The van der Waals surface area contributed by atoms with E-state index >= 15 is 0 Å². The van der Waals surface area contributed by atoms with Crippen molar-refractivity contribution in [3.05, 3.63) is 70.6 Å². The number of ether oxygens (including phenoxy) is 1. The van der Waals surface area contributed by atoms with Gasteiger partial charge in [-0.3, -0.25) is 4.79 Å². The number of hydrogen-bond acceptors (Lipinski definition) is 5. The largest absolute Gasteiger partial charge is 0.465 e. The zero-order valence-corrected chi connectivity index (χ0v) is 20.7. The third kappa shape index (κ3) is 5.40. The molecule has 0 bridgehead atoms. The van der Waals surface area contributed by atoms with Crippen LogP contribution in [0.2, 0.25) is 0 Å². The van der Waals surface area contributed by atoms with Gasteiger partial charge in [0.05, 0.1) is 17.6 Å². The van der Waals surface area contributed by atoms with Gasteiger partial charge in [0.1, 0.15) is 5.00 Å². The molecule has 0 spiro atoms. The van der Waals surface area contributed by atoms with Gasteiger partial charge in [-0.2, -0.15) is 0 Å². The topological polar surface area (TPSA) is 70.7 Å². The molecular weight excluding hydrogens is 454 g/mol. The Morgan fingerprint density at radius 1 is 1.00 bits per heavy atom. The second kappa shape index (κ2) is 11.1. The van der Waals surface area contributed by atoms with Gasteiger partial charge in [-0.05, 0) is 50.2 Å². The first-order chi connectivity index (χ1) is 15.9.